The Labute approximate surface area is 139 Å². The molecule has 2 rings (SSSR count). The molecule has 0 saturated heterocycles. The molecule has 0 aromatic carbocycles. The fourth-order valence-electron chi connectivity index (χ4n) is 2.12. The molecule has 0 aliphatic carbocycles. The van der Waals surface area contributed by atoms with Crippen LogP contribution in [0.3, 0.4) is 0 Å². The van der Waals surface area contributed by atoms with Gasteiger partial charge in [-0.15, -0.1) is 0 Å². The van der Waals surface area contributed by atoms with Gasteiger partial charge in [0.25, 0.3) is 11.5 Å². The highest BCUT2D eigenvalue weighted by atomic mass is 79.9. The van der Waals surface area contributed by atoms with E-state index >= 15 is 0 Å². The number of nitrogens with two attached hydrogens (primary N) is 1. The topological polar surface area (TPSA) is 98.3 Å². The lowest BCUT2D eigenvalue weighted by atomic mass is 10.2. The number of pyridine rings is 2. The van der Waals surface area contributed by atoms with Gasteiger partial charge in [-0.1, -0.05) is 0 Å². The van der Waals surface area contributed by atoms with Gasteiger partial charge in [0.1, 0.15) is 17.8 Å². The number of primary amides is 1. The molecule has 0 unspecified atom stereocenters. The molecule has 0 aliphatic heterocycles. The highest BCUT2D eigenvalue weighted by Gasteiger charge is 2.19. The van der Waals surface area contributed by atoms with Crippen LogP contribution in [-0.4, -0.2) is 39.6 Å². The first-order valence-corrected chi connectivity index (χ1v) is 7.51. The summed E-state index contributed by atoms with van der Waals surface area (Å²) in [6.45, 7) is 0.392. The zero-order valence-corrected chi connectivity index (χ0v) is 13.8. The zero-order valence-electron chi connectivity index (χ0n) is 12.3. The van der Waals surface area contributed by atoms with Crippen molar-refractivity contribution in [1.29, 1.82) is 0 Å². The Morgan fingerprint density at radius 1 is 1.43 bits per heavy atom. The number of alkyl halides is 1. The minimum Gasteiger partial charge on any atom is -0.365 e. The average molecular weight is 385 g/mol. The van der Waals surface area contributed by atoms with Crippen molar-refractivity contribution in [2.24, 2.45) is 5.73 Å². The van der Waals surface area contributed by atoms with Crippen LogP contribution in [0.2, 0.25) is 0 Å². The van der Waals surface area contributed by atoms with Crippen molar-refractivity contribution in [2.75, 3.05) is 13.3 Å². The number of carbonyl (C=O) groups is 2. The minimum atomic E-state index is -0.962. The summed E-state index contributed by atoms with van der Waals surface area (Å²) in [4.78, 5) is 41.0. The molecule has 9 heteroatoms. The number of nitrogens with zero attached hydrogens (tertiary/aromatic N) is 3. The number of likely N-dealkylation sites (N-methyl/N-ethyl adjacent to an activating group) is 1. The van der Waals surface area contributed by atoms with Gasteiger partial charge in [0.2, 0.25) is 5.91 Å². The Hall–Kier alpha value is -2.29. The number of halogens is 2. The molecule has 0 fully saturated rings. The van der Waals surface area contributed by atoms with Crippen LogP contribution in [0.5, 0.6) is 0 Å². The van der Waals surface area contributed by atoms with E-state index in [4.69, 9.17) is 5.73 Å². The molecule has 0 radical (unpaired) electrons. The largest absolute Gasteiger partial charge is 0.365 e. The molecule has 0 saturated carbocycles. The Bertz CT molecular complexity index is 833. The first-order chi connectivity index (χ1) is 10.9. The normalized spacial score (nSPS) is 10.7. The molecule has 2 N–H and O–H groups in total. The second kappa shape index (κ2) is 6.86. The average Bonchev–Trinajstić information content (AvgIpc) is 2.50. The second-order valence-corrected chi connectivity index (χ2v) is 5.66. The van der Waals surface area contributed by atoms with Gasteiger partial charge in [-0.2, -0.15) is 0 Å². The summed E-state index contributed by atoms with van der Waals surface area (Å²) in [5, 5.41) is 0.462. The number of hydrogen-bond donors (Lipinski definition) is 1. The summed E-state index contributed by atoms with van der Waals surface area (Å²) in [5.74, 6) is -1.50. The van der Waals surface area contributed by atoms with Crippen LogP contribution < -0.4 is 11.3 Å². The maximum Gasteiger partial charge on any atom is 0.265 e. The van der Waals surface area contributed by atoms with E-state index in [1.165, 1.54) is 12.3 Å². The van der Waals surface area contributed by atoms with Crippen LogP contribution in [-0.2, 0) is 11.3 Å². The molecular weight excluding hydrogens is 371 g/mol. The van der Waals surface area contributed by atoms with E-state index in [9.17, 15) is 18.8 Å². The Kier molecular flexibility index (Phi) is 5.09. The summed E-state index contributed by atoms with van der Waals surface area (Å²) in [6.07, 6.45) is 1.46. The first-order valence-electron chi connectivity index (χ1n) is 6.71. The van der Waals surface area contributed by atoms with Gasteiger partial charge >= 0.3 is 0 Å². The third-order valence-electron chi connectivity index (χ3n) is 3.33. The van der Waals surface area contributed by atoms with Crippen molar-refractivity contribution in [2.45, 2.75) is 13.5 Å². The summed E-state index contributed by atoms with van der Waals surface area (Å²) < 4.78 is 14.5. The van der Waals surface area contributed by atoms with Gasteiger partial charge in [0.05, 0.1) is 0 Å². The Morgan fingerprint density at radius 3 is 2.70 bits per heavy atom. The molecule has 23 heavy (non-hydrogen) atoms. The molecule has 2 aromatic rings. The van der Waals surface area contributed by atoms with Crippen LogP contribution in [0.1, 0.15) is 17.3 Å². The maximum absolute atomic E-state index is 12.8. The van der Waals surface area contributed by atoms with Crippen LogP contribution in [0.15, 0.2) is 27.6 Å². The van der Waals surface area contributed by atoms with Gasteiger partial charge in [-0.3, -0.25) is 19.0 Å². The summed E-state index contributed by atoms with van der Waals surface area (Å²) >= 11 is 3.24. The summed E-state index contributed by atoms with van der Waals surface area (Å²) in [7, 11) is 0. The summed E-state index contributed by atoms with van der Waals surface area (Å²) in [5.41, 5.74) is 4.44. The molecule has 7 nitrogen and oxygen atoms in total. The van der Waals surface area contributed by atoms with Gasteiger partial charge in [0, 0.05) is 22.6 Å². The lowest BCUT2D eigenvalue weighted by Crippen LogP contribution is -2.38. The predicted octanol–water partition coefficient (Wildman–Crippen LogP) is 1.03. The number of hydrogen-bond acceptors (Lipinski definition) is 4. The second-order valence-electron chi connectivity index (χ2n) is 4.75. The molecule has 2 aromatic heterocycles. The van der Waals surface area contributed by atoms with E-state index in [1.807, 2.05) is 0 Å². The quantitative estimate of drug-likeness (QED) is 0.778. The van der Waals surface area contributed by atoms with Gasteiger partial charge in [0.15, 0.2) is 6.80 Å². The fourth-order valence-corrected chi connectivity index (χ4v) is 2.47. The number of rotatable bonds is 5. The molecule has 0 bridgehead atoms. The van der Waals surface area contributed by atoms with E-state index < -0.39 is 30.7 Å². The maximum atomic E-state index is 12.8. The fraction of sp³-hybridized carbons (Fsp3) is 0.286. The molecule has 0 aliphatic rings. The van der Waals surface area contributed by atoms with Crippen LogP contribution in [0.25, 0.3) is 11.0 Å². The highest BCUT2D eigenvalue weighted by Crippen LogP contribution is 2.17. The molecule has 0 atom stereocenters. The van der Waals surface area contributed by atoms with Crippen molar-refractivity contribution < 1.29 is 14.0 Å². The van der Waals surface area contributed by atoms with E-state index in [-0.39, 0.29) is 17.8 Å². The Balaban J connectivity index is 2.65. The number of aromatic nitrogens is 2. The van der Waals surface area contributed by atoms with Crippen molar-refractivity contribution in [3.8, 4) is 0 Å². The van der Waals surface area contributed by atoms with E-state index in [0.717, 1.165) is 9.47 Å². The van der Waals surface area contributed by atoms with Crippen molar-refractivity contribution >= 4 is 38.8 Å². The van der Waals surface area contributed by atoms with E-state index in [1.54, 1.807) is 13.0 Å². The predicted molar refractivity (Wildman–Crippen MR) is 85.6 cm³/mol. The van der Waals surface area contributed by atoms with Gasteiger partial charge in [-0.25, -0.2) is 9.37 Å². The zero-order chi connectivity index (χ0) is 17.1. The SMILES string of the molecule is CCN(CF)C(=O)Cn1c(=O)c(C(N)=O)cc2cc(Br)cnc21. The summed E-state index contributed by atoms with van der Waals surface area (Å²) in [6, 6.07) is 2.97. The number of fused-ring (bicyclic) bond motifs is 1. The molecule has 122 valence electrons. The lowest BCUT2D eigenvalue weighted by Gasteiger charge is -2.18. The molecule has 2 amide bonds. The molecule has 0 spiro atoms. The van der Waals surface area contributed by atoms with Crippen LogP contribution in [0.4, 0.5) is 4.39 Å². The van der Waals surface area contributed by atoms with E-state index in [2.05, 4.69) is 20.9 Å². The molecular formula is C14H14BrFN4O3. The number of amides is 2. The van der Waals surface area contributed by atoms with Crippen LogP contribution >= 0.6 is 15.9 Å². The minimum absolute atomic E-state index is 0.163. The van der Waals surface area contributed by atoms with Gasteiger partial charge < -0.3 is 10.6 Å². The van der Waals surface area contributed by atoms with E-state index in [0.29, 0.717) is 9.86 Å². The van der Waals surface area contributed by atoms with Gasteiger partial charge in [-0.05, 0) is 35.0 Å². The molecule has 2 heterocycles. The third-order valence-corrected chi connectivity index (χ3v) is 3.76. The smallest absolute Gasteiger partial charge is 0.265 e. The standard InChI is InChI=1S/C14H14BrFN4O3/c1-2-19(7-16)11(21)6-20-13-8(3-9(15)5-18-13)4-10(12(17)22)14(20)23/h3-5H,2,6-7H2,1H3,(H2,17,22). The van der Waals surface area contributed by atoms with Crippen molar-refractivity contribution in [3.63, 3.8) is 0 Å². The first kappa shape index (κ1) is 17.1. The van der Waals surface area contributed by atoms with Crippen molar-refractivity contribution in [1.82, 2.24) is 14.5 Å². The highest BCUT2D eigenvalue weighted by molar-refractivity contribution is 9.10. The number of carbonyl (C=O) groups excluding carboxylic acids is 2. The lowest BCUT2D eigenvalue weighted by molar-refractivity contribution is -0.133. The third kappa shape index (κ3) is 3.39. The van der Waals surface area contributed by atoms with Crippen molar-refractivity contribution in [3.05, 3.63) is 38.7 Å². The van der Waals surface area contributed by atoms with Crippen LogP contribution in [0, 0.1) is 0 Å². The Morgan fingerprint density at radius 2 is 2.13 bits per heavy atom. The monoisotopic (exact) mass is 384 g/mol.